The van der Waals surface area contributed by atoms with Crippen LogP contribution in [0.2, 0.25) is 0 Å². The molecule has 1 fully saturated rings. The van der Waals surface area contributed by atoms with Crippen LogP contribution in [0.25, 0.3) is 0 Å². The number of hydrogen-bond acceptors (Lipinski definition) is 1. The van der Waals surface area contributed by atoms with Gasteiger partial charge < -0.3 is 4.74 Å². The van der Waals surface area contributed by atoms with E-state index in [2.05, 4.69) is 0 Å². The second kappa shape index (κ2) is 2.31. The van der Waals surface area contributed by atoms with Gasteiger partial charge in [0.2, 0.25) is 0 Å². The summed E-state index contributed by atoms with van der Waals surface area (Å²) in [6, 6.07) is 0. The van der Waals surface area contributed by atoms with Gasteiger partial charge in [-0.05, 0) is 26.2 Å². The zero-order valence-corrected chi connectivity index (χ0v) is 4.39. The zero-order chi connectivity index (χ0) is 5.11. The second-order valence-electron chi connectivity index (χ2n) is 1.91. The molecular weight excluding hydrogens is 88.1 g/mol. The third kappa shape index (κ3) is 1.48. The van der Waals surface area contributed by atoms with Gasteiger partial charge in [-0.25, -0.2) is 0 Å². The van der Waals surface area contributed by atoms with Crippen LogP contribution in [0.1, 0.15) is 19.3 Å². The van der Waals surface area contributed by atoms with Crippen LogP contribution in [-0.2, 0) is 4.74 Å². The Bertz CT molecular complexity index is 46.1. The molecule has 1 aliphatic heterocycles. The van der Waals surface area contributed by atoms with Gasteiger partial charge in [-0.15, -0.1) is 0 Å². The molecule has 0 N–H and O–H groups in total. The minimum atomic E-state index is 0.0359. The van der Waals surface area contributed by atoms with Crippen LogP contribution in [0, 0.1) is 6.92 Å². The molecular formula is C6H10O. The highest BCUT2D eigenvalue weighted by molar-refractivity contribution is 4.63. The fourth-order valence-electron chi connectivity index (χ4n) is 0.766. The average molecular weight is 98.1 g/mol. The van der Waals surface area contributed by atoms with Crippen LogP contribution in [0.15, 0.2) is 0 Å². The van der Waals surface area contributed by atoms with Crippen molar-refractivity contribution in [1.82, 2.24) is 0 Å². The van der Waals surface area contributed by atoms with E-state index in [4.69, 9.17) is 11.7 Å². The molecule has 40 valence electrons. The fourth-order valence-corrected chi connectivity index (χ4v) is 0.766. The maximum absolute atomic E-state index is 5.41. The molecule has 0 bridgehead atoms. The van der Waals surface area contributed by atoms with Crippen molar-refractivity contribution >= 4 is 0 Å². The largest absolute Gasteiger partial charge is 0.378 e. The molecule has 7 heavy (non-hydrogen) atoms. The molecule has 1 saturated heterocycles. The van der Waals surface area contributed by atoms with Crippen LogP contribution in [0.5, 0.6) is 0 Å². The van der Waals surface area contributed by atoms with Crippen LogP contribution in [0.3, 0.4) is 0 Å². The molecule has 1 heterocycles. The van der Waals surface area contributed by atoms with E-state index in [-0.39, 0.29) is 6.10 Å². The zero-order valence-electron chi connectivity index (χ0n) is 4.39. The summed E-state index contributed by atoms with van der Waals surface area (Å²) in [4.78, 5) is 0. The summed E-state index contributed by atoms with van der Waals surface area (Å²) in [6.07, 6.45) is 3.50. The molecule has 1 heteroatoms. The monoisotopic (exact) mass is 98.1 g/mol. The molecule has 0 spiro atoms. The molecule has 0 aliphatic carbocycles. The Morgan fingerprint density at radius 1 is 1.43 bits per heavy atom. The first kappa shape index (κ1) is 5.10. The Kier molecular flexibility index (Phi) is 1.69. The van der Waals surface area contributed by atoms with Crippen molar-refractivity contribution in [2.24, 2.45) is 0 Å². The Labute approximate surface area is 44.7 Å². The fraction of sp³-hybridized carbons (Fsp3) is 0.833. The first-order chi connectivity index (χ1) is 3.39. The average Bonchev–Trinajstić information content (AvgIpc) is 1.69. The topological polar surface area (TPSA) is 9.23 Å². The number of ether oxygens (including phenoxy) is 1. The predicted molar refractivity (Wildman–Crippen MR) is 27.9 cm³/mol. The summed E-state index contributed by atoms with van der Waals surface area (Å²) in [7, 11) is 0. The standard InChI is InChI=1S/C6H10O/c1-6-4-2-3-5-7-6/h1,6H,2-5H2. The van der Waals surface area contributed by atoms with E-state index < -0.39 is 0 Å². The van der Waals surface area contributed by atoms with Crippen molar-refractivity contribution in [1.29, 1.82) is 0 Å². The lowest BCUT2D eigenvalue weighted by atomic mass is 10.1. The summed E-state index contributed by atoms with van der Waals surface area (Å²) in [5.41, 5.74) is 0. The van der Waals surface area contributed by atoms with E-state index in [0.717, 1.165) is 13.0 Å². The third-order valence-corrected chi connectivity index (χ3v) is 1.21. The quantitative estimate of drug-likeness (QED) is 0.443. The molecule has 2 radical (unpaired) electrons. The van der Waals surface area contributed by atoms with E-state index in [1.807, 2.05) is 0 Å². The van der Waals surface area contributed by atoms with Crippen LogP contribution < -0.4 is 0 Å². The van der Waals surface area contributed by atoms with Crippen LogP contribution in [0.4, 0.5) is 0 Å². The lowest BCUT2D eigenvalue weighted by Crippen LogP contribution is -2.14. The van der Waals surface area contributed by atoms with Gasteiger partial charge in [0.15, 0.2) is 0 Å². The minimum absolute atomic E-state index is 0.0359. The predicted octanol–water partition coefficient (Wildman–Crippen LogP) is 1.27. The lowest BCUT2D eigenvalue weighted by Gasteiger charge is -2.17. The van der Waals surface area contributed by atoms with Crippen molar-refractivity contribution in [3.05, 3.63) is 6.92 Å². The molecule has 1 aliphatic rings. The highest BCUT2D eigenvalue weighted by Gasteiger charge is 2.06. The van der Waals surface area contributed by atoms with Gasteiger partial charge in [-0.1, -0.05) is 0 Å². The smallest absolute Gasteiger partial charge is 0.0610 e. The summed E-state index contributed by atoms with van der Waals surface area (Å²) in [6.45, 7) is 6.27. The minimum Gasteiger partial charge on any atom is -0.378 e. The van der Waals surface area contributed by atoms with Crippen molar-refractivity contribution in [2.45, 2.75) is 25.4 Å². The molecule has 0 aromatic rings. The number of rotatable bonds is 0. The Morgan fingerprint density at radius 2 is 2.29 bits per heavy atom. The first-order valence-electron chi connectivity index (χ1n) is 2.77. The van der Waals surface area contributed by atoms with Crippen molar-refractivity contribution < 1.29 is 4.74 Å². The van der Waals surface area contributed by atoms with E-state index >= 15 is 0 Å². The molecule has 1 atom stereocenters. The van der Waals surface area contributed by atoms with E-state index in [1.54, 1.807) is 0 Å². The summed E-state index contributed by atoms with van der Waals surface area (Å²) in [5, 5.41) is 0. The highest BCUT2D eigenvalue weighted by Crippen LogP contribution is 2.10. The van der Waals surface area contributed by atoms with Gasteiger partial charge in [0.25, 0.3) is 0 Å². The molecule has 0 aromatic carbocycles. The van der Waals surface area contributed by atoms with Gasteiger partial charge >= 0.3 is 0 Å². The third-order valence-electron chi connectivity index (χ3n) is 1.21. The maximum atomic E-state index is 5.41. The maximum Gasteiger partial charge on any atom is 0.0610 e. The van der Waals surface area contributed by atoms with Gasteiger partial charge in [-0.2, -0.15) is 0 Å². The van der Waals surface area contributed by atoms with Gasteiger partial charge in [0, 0.05) is 6.61 Å². The summed E-state index contributed by atoms with van der Waals surface area (Å²) < 4.78 is 5.06. The van der Waals surface area contributed by atoms with E-state index in [1.165, 1.54) is 12.8 Å². The molecule has 1 unspecified atom stereocenters. The highest BCUT2D eigenvalue weighted by atomic mass is 16.5. The second-order valence-corrected chi connectivity index (χ2v) is 1.91. The van der Waals surface area contributed by atoms with Crippen LogP contribution >= 0.6 is 0 Å². The van der Waals surface area contributed by atoms with Gasteiger partial charge in [0.1, 0.15) is 0 Å². The van der Waals surface area contributed by atoms with Crippen molar-refractivity contribution in [3.8, 4) is 0 Å². The molecule has 0 saturated carbocycles. The molecule has 1 rings (SSSR count). The van der Waals surface area contributed by atoms with Crippen molar-refractivity contribution in [2.75, 3.05) is 6.61 Å². The van der Waals surface area contributed by atoms with Crippen molar-refractivity contribution in [3.63, 3.8) is 0 Å². The summed E-state index contributed by atoms with van der Waals surface area (Å²) in [5.74, 6) is 0. The normalized spacial score (nSPS) is 33.0. The summed E-state index contributed by atoms with van der Waals surface area (Å²) >= 11 is 0. The Morgan fingerprint density at radius 3 is 2.57 bits per heavy atom. The van der Waals surface area contributed by atoms with Gasteiger partial charge in [-0.3, -0.25) is 0 Å². The SMILES string of the molecule is [CH]C1CCCCO1. The van der Waals surface area contributed by atoms with E-state index in [9.17, 15) is 0 Å². The molecule has 0 amide bonds. The first-order valence-corrected chi connectivity index (χ1v) is 2.77. The number of hydrogen-bond donors (Lipinski definition) is 0. The van der Waals surface area contributed by atoms with Crippen LogP contribution in [-0.4, -0.2) is 12.7 Å². The molecule has 0 aromatic heterocycles. The van der Waals surface area contributed by atoms with Gasteiger partial charge in [0.05, 0.1) is 6.10 Å². The Hall–Kier alpha value is -0.0400. The lowest BCUT2D eigenvalue weighted by molar-refractivity contribution is 0.0448. The Balaban J connectivity index is 2.12. The van der Waals surface area contributed by atoms with E-state index in [0.29, 0.717) is 0 Å². The molecule has 1 nitrogen and oxygen atoms in total.